The van der Waals surface area contributed by atoms with Crippen LogP contribution in [0.25, 0.3) is 6.08 Å². The van der Waals surface area contributed by atoms with Gasteiger partial charge in [0.1, 0.15) is 11.9 Å². The standard InChI is InChI=1S/C13H13ClO4/c14-11-3-1-2-9(4-5-12(15)16)13(11)18-10-6-7-17-8-10/h1-5,10H,6-8H2,(H,15,16)/b5-4+. The molecule has 0 amide bonds. The SMILES string of the molecule is O=C(O)/C=C/c1cccc(Cl)c1OC1CCOC1. The van der Waals surface area contributed by atoms with Gasteiger partial charge in [0.15, 0.2) is 0 Å². The lowest BCUT2D eigenvalue weighted by Crippen LogP contribution is -2.16. The van der Waals surface area contributed by atoms with Gasteiger partial charge in [-0.1, -0.05) is 23.7 Å². The van der Waals surface area contributed by atoms with Crippen molar-refractivity contribution < 1.29 is 19.4 Å². The highest BCUT2D eigenvalue weighted by molar-refractivity contribution is 6.32. The first-order chi connectivity index (χ1) is 8.66. The van der Waals surface area contributed by atoms with Crippen LogP contribution in [0.2, 0.25) is 5.02 Å². The summed E-state index contributed by atoms with van der Waals surface area (Å²) in [7, 11) is 0. The molecule has 0 saturated carbocycles. The number of ether oxygens (including phenoxy) is 2. The van der Waals surface area contributed by atoms with Crippen LogP contribution in [0.4, 0.5) is 0 Å². The molecule has 96 valence electrons. The lowest BCUT2D eigenvalue weighted by atomic mass is 10.2. The van der Waals surface area contributed by atoms with E-state index in [0.29, 0.717) is 29.5 Å². The van der Waals surface area contributed by atoms with Gasteiger partial charge >= 0.3 is 5.97 Å². The van der Waals surface area contributed by atoms with Crippen molar-refractivity contribution in [2.45, 2.75) is 12.5 Å². The molecule has 0 aromatic heterocycles. The van der Waals surface area contributed by atoms with Crippen LogP contribution in [0, 0.1) is 0 Å². The van der Waals surface area contributed by atoms with Crippen molar-refractivity contribution in [3.8, 4) is 5.75 Å². The Hall–Kier alpha value is -1.52. The Morgan fingerprint density at radius 2 is 2.39 bits per heavy atom. The number of aliphatic carboxylic acids is 1. The number of rotatable bonds is 4. The summed E-state index contributed by atoms with van der Waals surface area (Å²) in [5.74, 6) is -0.503. The van der Waals surface area contributed by atoms with Gasteiger partial charge in [-0.15, -0.1) is 0 Å². The van der Waals surface area contributed by atoms with Gasteiger partial charge in [-0.25, -0.2) is 4.79 Å². The molecule has 0 spiro atoms. The minimum Gasteiger partial charge on any atom is -0.486 e. The summed E-state index contributed by atoms with van der Waals surface area (Å²) in [4.78, 5) is 10.5. The van der Waals surface area contributed by atoms with Crippen molar-refractivity contribution >= 4 is 23.6 Å². The summed E-state index contributed by atoms with van der Waals surface area (Å²) < 4.78 is 11.0. The predicted molar refractivity (Wildman–Crippen MR) is 68.0 cm³/mol. The van der Waals surface area contributed by atoms with E-state index in [-0.39, 0.29) is 6.10 Å². The van der Waals surface area contributed by atoms with Gasteiger partial charge in [0.2, 0.25) is 0 Å². The number of carboxylic acid groups (broad SMARTS) is 1. The Morgan fingerprint density at radius 1 is 1.56 bits per heavy atom. The molecular formula is C13H13ClO4. The van der Waals surface area contributed by atoms with E-state index in [4.69, 9.17) is 26.2 Å². The number of halogens is 1. The van der Waals surface area contributed by atoms with Crippen molar-refractivity contribution in [3.63, 3.8) is 0 Å². The van der Waals surface area contributed by atoms with E-state index in [1.807, 2.05) is 0 Å². The molecular weight excluding hydrogens is 256 g/mol. The van der Waals surface area contributed by atoms with Crippen LogP contribution < -0.4 is 4.74 Å². The zero-order valence-electron chi connectivity index (χ0n) is 9.64. The van der Waals surface area contributed by atoms with Gasteiger partial charge < -0.3 is 14.6 Å². The van der Waals surface area contributed by atoms with Gasteiger partial charge in [0, 0.05) is 18.1 Å². The molecule has 18 heavy (non-hydrogen) atoms. The van der Waals surface area contributed by atoms with Crippen LogP contribution in [-0.4, -0.2) is 30.4 Å². The van der Waals surface area contributed by atoms with E-state index in [0.717, 1.165) is 12.5 Å². The molecule has 1 aromatic rings. The quantitative estimate of drug-likeness (QED) is 0.853. The van der Waals surface area contributed by atoms with Crippen molar-refractivity contribution in [2.75, 3.05) is 13.2 Å². The highest BCUT2D eigenvalue weighted by Crippen LogP contribution is 2.31. The molecule has 1 fully saturated rings. The number of para-hydroxylation sites is 1. The number of benzene rings is 1. The second kappa shape index (κ2) is 5.89. The third-order valence-corrected chi connectivity index (χ3v) is 2.87. The largest absolute Gasteiger partial charge is 0.486 e. The van der Waals surface area contributed by atoms with Crippen LogP contribution >= 0.6 is 11.6 Å². The van der Waals surface area contributed by atoms with E-state index >= 15 is 0 Å². The van der Waals surface area contributed by atoms with E-state index in [1.165, 1.54) is 6.08 Å². The topological polar surface area (TPSA) is 55.8 Å². The summed E-state index contributed by atoms with van der Waals surface area (Å²) in [6.45, 7) is 1.21. The first kappa shape index (κ1) is 12.9. The maximum Gasteiger partial charge on any atom is 0.328 e. The third-order valence-electron chi connectivity index (χ3n) is 2.58. The molecule has 0 radical (unpaired) electrons. The average molecular weight is 269 g/mol. The van der Waals surface area contributed by atoms with Gasteiger partial charge in [0.25, 0.3) is 0 Å². The monoisotopic (exact) mass is 268 g/mol. The summed E-state index contributed by atoms with van der Waals surface area (Å²) in [5.41, 5.74) is 0.650. The molecule has 1 aliphatic heterocycles. The highest BCUT2D eigenvalue weighted by Gasteiger charge is 2.19. The molecule has 1 aromatic carbocycles. The van der Waals surface area contributed by atoms with Gasteiger partial charge in [-0.2, -0.15) is 0 Å². The van der Waals surface area contributed by atoms with Crippen molar-refractivity contribution in [1.82, 2.24) is 0 Å². The smallest absolute Gasteiger partial charge is 0.328 e. The summed E-state index contributed by atoms with van der Waals surface area (Å²) in [6, 6.07) is 5.23. The Balaban J connectivity index is 2.22. The van der Waals surface area contributed by atoms with Crippen LogP contribution in [0.15, 0.2) is 24.3 Å². The van der Waals surface area contributed by atoms with Gasteiger partial charge in [0.05, 0.1) is 18.2 Å². The number of carbonyl (C=O) groups is 1. The molecule has 1 atom stereocenters. The molecule has 1 unspecified atom stereocenters. The van der Waals surface area contributed by atoms with Crippen molar-refractivity contribution in [2.24, 2.45) is 0 Å². The summed E-state index contributed by atoms with van der Waals surface area (Å²) in [6.07, 6.45) is 3.32. The van der Waals surface area contributed by atoms with Gasteiger partial charge in [-0.05, 0) is 12.1 Å². The highest BCUT2D eigenvalue weighted by atomic mass is 35.5. The zero-order valence-corrected chi connectivity index (χ0v) is 10.4. The van der Waals surface area contributed by atoms with Crippen LogP contribution in [-0.2, 0) is 9.53 Å². The third kappa shape index (κ3) is 3.24. The molecule has 4 nitrogen and oxygen atoms in total. The molecule has 0 bridgehead atoms. The van der Waals surface area contributed by atoms with E-state index in [1.54, 1.807) is 18.2 Å². The Bertz CT molecular complexity index is 464. The van der Waals surface area contributed by atoms with Gasteiger partial charge in [-0.3, -0.25) is 0 Å². The predicted octanol–water partition coefficient (Wildman–Crippen LogP) is 2.61. The van der Waals surface area contributed by atoms with E-state index in [9.17, 15) is 4.79 Å². The Morgan fingerprint density at radius 3 is 3.06 bits per heavy atom. The molecule has 1 heterocycles. The maximum atomic E-state index is 10.5. The summed E-state index contributed by atoms with van der Waals surface area (Å²) >= 11 is 6.08. The lowest BCUT2D eigenvalue weighted by Gasteiger charge is -2.15. The molecule has 2 rings (SSSR count). The molecule has 1 N–H and O–H groups in total. The van der Waals surface area contributed by atoms with Crippen LogP contribution in [0.5, 0.6) is 5.75 Å². The normalized spacial score (nSPS) is 19.3. The average Bonchev–Trinajstić information content (AvgIpc) is 2.82. The maximum absolute atomic E-state index is 10.5. The fourth-order valence-electron chi connectivity index (χ4n) is 1.71. The van der Waals surface area contributed by atoms with Crippen molar-refractivity contribution in [3.05, 3.63) is 34.9 Å². The second-order valence-corrected chi connectivity index (χ2v) is 4.34. The second-order valence-electron chi connectivity index (χ2n) is 3.93. The fraction of sp³-hybridized carbons (Fsp3) is 0.308. The lowest BCUT2D eigenvalue weighted by molar-refractivity contribution is -0.131. The van der Waals surface area contributed by atoms with Crippen LogP contribution in [0.3, 0.4) is 0 Å². The fourth-order valence-corrected chi connectivity index (χ4v) is 1.94. The molecule has 1 aliphatic rings. The Labute approximate surface area is 110 Å². The summed E-state index contributed by atoms with van der Waals surface area (Å²) in [5, 5.41) is 9.11. The molecule has 5 heteroatoms. The number of hydrogen-bond donors (Lipinski definition) is 1. The Kier molecular flexibility index (Phi) is 4.23. The number of hydrogen-bond acceptors (Lipinski definition) is 3. The minimum atomic E-state index is -1.01. The van der Waals surface area contributed by atoms with E-state index < -0.39 is 5.97 Å². The van der Waals surface area contributed by atoms with E-state index in [2.05, 4.69) is 0 Å². The van der Waals surface area contributed by atoms with Crippen LogP contribution in [0.1, 0.15) is 12.0 Å². The number of carboxylic acids is 1. The minimum absolute atomic E-state index is 0.0260. The zero-order chi connectivity index (χ0) is 13.0. The van der Waals surface area contributed by atoms with Crippen molar-refractivity contribution in [1.29, 1.82) is 0 Å². The first-order valence-electron chi connectivity index (χ1n) is 5.61. The molecule has 1 saturated heterocycles. The first-order valence-corrected chi connectivity index (χ1v) is 5.98. The molecule has 0 aliphatic carbocycles.